The van der Waals surface area contributed by atoms with Crippen LogP contribution >= 0.6 is 23.2 Å². The van der Waals surface area contributed by atoms with Crippen LogP contribution < -0.4 is 15.6 Å². The number of para-hydroxylation sites is 1. The number of aromatic nitrogens is 3. The monoisotopic (exact) mass is 555 g/mol. The fourth-order valence-electron chi connectivity index (χ4n) is 3.51. The van der Waals surface area contributed by atoms with Crippen LogP contribution in [0.3, 0.4) is 0 Å². The third kappa shape index (κ3) is 5.47. The molecular formula is C24H17Cl2F3N4O4. The molecule has 0 saturated heterocycles. The Kier molecular flexibility index (Phi) is 5.99. The lowest BCUT2D eigenvalue weighted by Gasteiger charge is -2.17. The van der Waals surface area contributed by atoms with Gasteiger partial charge in [-0.1, -0.05) is 47.5 Å². The molecule has 2 N–H and O–H groups in total. The van der Waals surface area contributed by atoms with Gasteiger partial charge in [0.2, 0.25) is 0 Å². The van der Waals surface area contributed by atoms with Gasteiger partial charge in [0.05, 0.1) is 28.2 Å². The molecule has 8 nitrogen and oxygen atoms in total. The summed E-state index contributed by atoms with van der Waals surface area (Å²) in [5.41, 5.74) is -1.18. The summed E-state index contributed by atoms with van der Waals surface area (Å²) in [5.74, 6) is -2.75. The lowest BCUT2D eigenvalue weighted by Crippen LogP contribution is -2.27. The van der Waals surface area contributed by atoms with Crippen molar-refractivity contribution >= 4 is 45.7 Å². The number of nitrogens with zero attached hydrogens (tertiary/aromatic N) is 3. The Morgan fingerprint density at radius 3 is 2.62 bits per heavy atom. The Labute approximate surface area is 221 Å². The molecule has 0 bridgehead atoms. The van der Waals surface area contributed by atoms with Crippen LogP contribution in [0, 0.1) is 13.8 Å². The van der Waals surface area contributed by atoms with Crippen LogP contribution in [0.25, 0.3) is 10.9 Å². The fourth-order valence-corrected chi connectivity index (χ4v) is 3.95. The molecule has 0 saturated carbocycles. The summed E-state index contributed by atoms with van der Waals surface area (Å²) >= 11 is 11.7. The third-order valence-corrected chi connectivity index (χ3v) is 5.77. The van der Waals surface area contributed by atoms with Crippen LogP contribution in [0.1, 0.15) is 31.6 Å². The van der Waals surface area contributed by atoms with Crippen molar-refractivity contribution in [3.8, 4) is 11.5 Å². The van der Waals surface area contributed by atoms with E-state index in [4.69, 9.17) is 27.3 Å². The van der Waals surface area contributed by atoms with E-state index in [9.17, 15) is 27.9 Å². The molecule has 0 atom stereocenters. The van der Waals surface area contributed by atoms with E-state index in [1.54, 1.807) is 6.92 Å². The highest BCUT2D eigenvalue weighted by Gasteiger charge is 2.32. The van der Waals surface area contributed by atoms with Crippen LogP contribution in [0.15, 0.2) is 47.3 Å². The maximum Gasteiger partial charge on any atom is 0.573 e. The molecule has 0 aliphatic rings. The average Bonchev–Trinajstić information content (AvgIpc) is 2.84. The smallest absolute Gasteiger partial charge is 0.504 e. The van der Waals surface area contributed by atoms with Crippen molar-refractivity contribution < 1.29 is 31.9 Å². The first-order chi connectivity index (χ1) is 18.6. The number of benzene rings is 2. The fraction of sp³-hybridized carbons (Fsp3) is 0.167. The molecule has 4 aromatic rings. The minimum absolute atomic E-state index is 0.0558. The zero-order chi connectivity index (χ0) is 29.6. The largest absolute Gasteiger partial charge is 0.573 e. The van der Waals surface area contributed by atoms with Crippen molar-refractivity contribution in [2.75, 3.05) is 5.32 Å². The van der Waals surface area contributed by atoms with Crippen molar-refractivity contribution in [3.05, 3.63) is 85.6 Å². The number of amides is 1. The molecule has 13 heteroatoms. The van der Waals surface area contributed by atoms with E-state index in [0.29, 0.717) is 10.1 Å². The molecular weight excluding hydrogens is 536 g/mol. The first-order valence-electron chi connectivity index (χ1n) is 11.8. The van der Waals surface area contributed by atoms with Crippen molar-refractivity contribution in [3.63, 3.8) is 0 Å². The first kappa shape index (κ1) is 22.4. The second-order valence-electron chi connectivity index (χ2n) is 7.72. The van der Waals surface area contributed by atoms with Gasteiger partial charge in [-0.2, -0.15) is 0 Å². The highest BCUT2D eigenvalue weighted by Crippen LogP contribution is 2.31. The maximum absolute atomic E-state index is 13.8. The van der Waals surface area contributed by atoms with Gasteiger partial charge >= 0.3 is 6.36 Å². The minimum Gasteiger partial charge on any atom is -0.504 e. The average molecular weight is 556 g/mol. The number of halogens is 5. The topological polar surface area (TPSA) is 106 Å². The number of ether oxygens (including phenoxy) is 1. The Hall–Kier alpha value is -3.83. The Balaban J connectivity index is 1.90. The highest BCUT2D eigenvalue weighted by molar-refractivity contribution is 6.36. The number of aryl methyl sites for hydroxylation is 2. The van der Waals surface area contributed by atoms with E-state index in [-0.39, 0.29) is 32.9 Å². The Morgan fingerprint density at radius 2 is 1.95 bits per heavy atom. The van der Waals surface area contributed by atoms with Gasteiger partial charge in [-0.15, -0.1) is 13.2 Å². The predicted molar refractivity (Wildman–Crippen MR) is 132 cm³/mol. The van der Waals surface area contributed by atoms with Gasteiger partial charge in [-0.25, -0.2) is 9.97 Å². The number of pyridine rings is 1. The summed E-state index contributed by atoms with van der Waals surface area (Å²) in [5, 5.41) is 11.3. The summed E-state index contributed by atoms with van der Waals surface area (Å²) in [7, 11) is 0. The van der Waals surface area contributed by atoms with Gasteiger partial charge in [0.15, 0.2) is 10.9 Å². The molecule has 0 unspecified atom stereocenters. The zero-order valence-electron chi connectivity index (χ0n) is 21.7. The summed E-state index contributed by atoms with van der Waals surface area (Å²) in [6, 6.07) is 8.82. The number of carbonyl (C=O) groups is 1. The minimum atomic E-state index is -5.04. The van der Waals surface area contributed by atoms with Crippen molar-refractivity contribution in [2.45, 2.75) is 26.7 Å². The molecule has 2 heterocycles. The van der Waals surface area contributed by atoms with E-state index in [0.717, 1.165) is 12.1 Å². The van der Waals surface area contributed by atoms with E-state index >= 15 is 0 Å². The van der Waals surface area contributed by atoms with Crippen molar-refractivity contribution in [1.29, 1.82) is 0 Å². The molecule has 0 spiro atoms. The molecule has 4 rings (SSSR count). The number of rotatable bonds is 5. The molecule has 0 aliphatic heterocycles. The third-order valence-electron chi connectivity index (χ3n) is 5.22. The first-order valence-corrected chi connectivity index (χ1v) is 11.1. The van der Waals surface area contributed by atoms with Crippen molar-refractivity contribution in [2.24, 2.45) is 0 Å². The van der Waals surface area contributed by atoms with E-state index in [1.165, 1.54) is 30.3 Å². The lowest BCUT2D eigenvalue weighted by molar-refractivity contribution is -0.274. The standard InChI is InChI=1S/C24H17Cl2F3N4O4/c1-11-7-8-15(32-22(35)16-9-14(25)20(34)21(26)31-16)18-19(11)30-12(2)33(23(18)36)10-13-5-3-4-6-17(13)37-24(27,28)29/h3-9,34H,10H2,1-2H3,(H,32,35)/i2D3. The molecule has 2 aromatic heterocycles. The molecule has 192 valence electrons. The quantitative estimate of drug-likeness (QED) is 0.309. The van der Waals surface area contributed by atoms with Gasteiger partial charge in [0.1, 0.15) is 17.3 Å². The second-order valence-corrected chi connectivity index (χ2v) is 8.48. The number of nitrogens with one attached hydrogen (secondary N) is 1. The highest BCUT2D eigenvalue weighted by atomic mass is 35.5. The zero-order valence-corrected chi connectivity index (χ0v) is 20.2. The number of carbonyl (C=O) groups excluding carboxylic acids is 1. The molecule has 2 aromatic carbocycles. The molecule has 0 fully saturated rings. The number of anilines is 1. The van der Waals surface area contributed by atoms with Crippen LogP contribution in [0.5, 0.6) is 11.5 Å². The van der Waals surface area contributed by atoms with E-state index in [1.807, 2.05) is 0 Å². The van der Waals surface area contributed by atoms with E-state index in [2.05, 4.69) is 20.0 Å². The van der Waals surface area contributed by atoms with Gasteiger partial charge < -0.3 is 15.2 Å². The summed E-state index contributed by atoms with van der Waals surface area (Å²) in [6.07, 6.45) is -5.04. The Morgan fingerprint density at radius 1 is 1.22 bits per heavy atom. The van der Waals surface area contributed by atoms with Gasteiger partial charge in [-0.05, 0) is 37.5 Å². The summed E-state index contributed by atoms with van der Waals surface area (Å²) < 4.78 is 67.5. The lowest BCUT2D eigenvalue weighted by atomic mass is 10.1. The predicted octanol–water partition coefficient (Wildman–Crippen LogP) is 5.62. The Bertz CT molecular complexity index is 1690. The number of hydrogen-bond donors (Lipinski definition) is 2. The van der Waals surface area contributed by atoms with Gasteiger partial charge in [-0.3, -0.25) is 14.2 Å². The molecule has 0 radical (unpaired) electrons. The maximum atomic E-state index is 13.8. The molecule has 0 aliphatic carbocycles. The van der Waals surface area contributed by atoms with Crippen LogP contribution in [0.2, 0.25) is 10.2 Å². The molecule has 1 amide bonds. The SMILES string of the molecule is [2H]C([2H])([2H])c1nc2c(C)ccc(NC(=O)c3cc(Cl)c(O)c(Cl)n3)c2c(=O)n1Cc1ccccc1OC(F)(F)F. The number of alkyl halides is 3. The number of fused-ring (bicyclic) bond motifs is 1. The van der Waals surface area contributed by atoms with Crippen LogP contribution in [-0.2, 0) is 6.54 Å². The number of hydrogen-bond acceptors (Lipinski definition) is 6. The molecule has 37 heavy (non-hydrogen) atoms. The van der Waals surface area contributed by atoms with Gasteiger partial charge in [0.25, 0.3) is 11.5 Å². The van der Waals surface area contributed by atoms with E-state index < -0.39 is 53.7 Å². The van der Waals surface area contributed by atoms with Crippen LogP contribution in [-0.4, -0.2) is 31.9 Å². The summed E-state index contributed by atoms with van der Waals surface area (Å²) in [6.45, 7) is -2.03. The van der Waals surface area contributed by atoms with Gasteiger partial charge in [0, 0.05) is 9.68 Å². The van der Waals surface area contributed by atoms with Crippen LogP contribution in [0.4, 0.5) is 18.9 Å². The normalized spacial score (nSPS) is 13.1. The summed E-state index contributed by atoms with van der Waals surface area (Å²) in [4.78, 5) is 34.7. The van der Waals surface area contributed by atoms with Crippen molar-refractivity contribution in [1.82, 2.24) is 14.5 Å². The number of aromatic hydroxyl groups is 1. The second kappa shape index (κ2) is 9.91.